The number of aromatic nitrogens is 2. The Morgan fingerprint density at radius 1 is 1.14 bits per heavy atom. The lowest BCUT2D eigenvalue weighted by Crippen LogP contribution is -2.28. The third-order valence-electron chi connectivity index (χ3n) is 5.13. The van der Waals surface area contributed by atoms with Gasteiger partial charge >= 0.3 is 6.18 Å². The maximum atomic E-state index is 12.9. The predicted molar refractivity (Wildman–Crippen MR) is 75.2 cm³/mol. The molecule has 118 valence electrons. The Morgan fingerprint density at radius 2 is 1.90 bits per heavy atom. The van der Waals surface area contributed by atoms with E-state index in [1.807, 2.05) is 0 Å². The molecular formula is C16H23F3N2. The van der Waals surface area contributed by atoms with Gasteiger partial charge in [-0.3, -0.25) is 0 Å². The molecule has 4 atom stereocenters. The molecule has 2 nitrogen and oxygen atoms in total. The Kier molecular flexibility index (Phi) is 3.78. The van der Waals surface area contributed by atoms with Crippen LogP contribution in [0.2, 0.25) is 0 Å². The number of hydrogen-bond donors (Lipinski definition) is 1. The topological polar surface area (TPSA) is 28.7 Å². The molecule has 21 heavy (non-hydrogen) atoms. The molecule has 0 spiro atoms. The van der Waals surface area contributed by atoms with Crippen molar-refractivity contribution >= 4 is 0 Å². The van der Waals surface area contributed by atoms with Crippen molar-refractivity contribution in [1.82, 2.24) is 9.97 Å². The highest BCUT2D eigenvalue weighted by Gasteiger charge is 2.43. The lowest BCUT2D eigenvalue weighted by atomic mass is 9.80. The van der Waals surface area contributed by atoms with E-state index in [0.29, 0.717) is 18.3 Å². The number of H-pyrrole nitrogens is 1. The summed E-state index contributed by atoms with van der Waals surface area (Å²) in [5.41, 5.74) is 2.25. The van der Waals surface area contributed by atoms with Crippen LogP contribution in [0, 0.1) is 11.8 Å². The number of nitrogens with one attached hydrogen (secondary N) is 1. The van der Waals surface area contributed by atoms with Crippen LogP contribution in [0.15, 0.2) is 0 Å². The minimum Gasteiger partial charge on any atom is -0.345 e. The fourth-order valence-electron chi connectivity index (χ4n) is 4.08. The molecule has 0 bridgehead atoms. The minimum atomic E-state index is -4.06. The highest BCUT2D eigenvalue weighted by molar-refractivity contribution is 5.24. The first-order chi connectivity index (χ1) is 9.84. The molecule has 1 saturated carbocycles. The summed E-state index contributed by atoms with van der Waals surface area (Å²) in [5, 5.41) is 0. The number of hydrogen-bond acceptors (Lipinski definition) is 1. The molecule has 2 aliphatic carbocycles. The molecule has 0 aliphatic heterocycles. The quantitative estimate of drug-likeness (QED) is 0.782. The second-order valence-electron chi connectivity index (χ2n) is 7.03. The van der Waals surface area contributed by atoms with Crippen molar-refractivity contribution < 1.29 is 13.2 Å². The van der Waals surface area contributed by atoms with Crippen molar-refractivity contribution in [2.75, 3.05) is 0 Å². The summed E-state index contributed by atoms with van der Waals surface area (Å²) < 4.78 is 38.8. The summed E-state index contributed by atoms with van der Waals surface area (Å²) in [7, 11) is 0. The van der Waals surface area contributed by atoms with E-state index >= 15 is 0 Å². The first-order valence-corrected chi connectivity index (χ1v) is 8.00. The Balaban J connectivity index is 1.80. The maximum absolute atomic E-state index is 12.9. The lowest BCUT2D eigenvalue weighted by molar-refractivity contribution is -0.183. The summed E-state index contributed by atoms with van der Waals surface area (Å²) in [6.45, 7) is 4.39. The molecule has 0 amide bonds. The van der Waals surface area contributed by atoms with Gasteiger partial charge in [-0.15, -0.1) is 0 Å². The number of halogens is 3. The minimum absolute atomic E-state index is 0.0570. The molecule has 1 N–H and O–H groups in total. The molecule has 1 aromatic rings. The van der Waals surface area contributed by atoms with Crippen LogP contribution in [0.5, 0.6) is 0 Å². The van der Waals surface area contributed by atoms with Crippen molar-refractivity contribution in [2.45, 2.75) is 70.4 Å². The van der Waals surface area contributed by atoms with E-state index in [1.54, 1.807) is 0 Å². The summed E-state index contributed by atoms with van der Waals surface area (Å²) in [5.74, 6) is 0.619. The van der Waals surface area contributed by atoms with Crippen molar-refractivity contribution in [3.63, 3.8) is 0 Å². The number of alkyl halides is 3. The van der Waals surface area contributed by atoms with Crippen LogP contribution in [-0.4, -0.2) is 16.1 Å². The van der Waals surface area contributed by atoms with Crippen LogP contribution in [0.3, 0.4) is 0 Å². The fraction of sp³-hybridized carbons (Fsp3) is 0.812. The van der Waals surface area contributed by atoms with E-state index in [4.69, 9.17) is 0 Å². The molecule has 4 unspecified atom stereocenters. The molecular weight excluding hydrogens is 277 g/mol. The number of rotatable bonds is 1. The van der Waals surface area contributed by atoms with Gasteiger partial charge in [0.05, 0.1) is 11.6 Å². The average Bonchev–Trinajstić information content (AvgIpc) is 2.82. The van der Waals surface area contributed by atoms with Crippen molar-refractivity contribution in [2.24, 2.45) is 11.8 Å². The molecule has 0 radical (unpaired) electrons. The van der Waals surface area contributed by atoms with Gasteiger partial charge in [0.15, 0.2) is 0 Å². The molecule has 0 aromatic carbocycles. The zero-order chi connectivity index (χ0) is 15.2. The number of fused-ring (bicyclic) bond motifs is 1. The van der Waals surface area contributed by atoms with E-state index < -0.39 is 12.1 Å². The van der Waals surface area contributed by atoms with E-state index in [9.17, 15) is 13.2 Å². The van der Waals surface area contributed by atoms with E-state index in [-0.39, 0.29) is 18.8 Å². The third kappa shape index (κ3) is 2.97. The molecule has 5 heteroatoms. The molecule has 2 aliphatic rings. The molecule has 0 saturated heterocycles. The number of nitrogens with zero attached hydrogens (tertiary/aromatic N) is 1. The second kappa shape index (κ2) is 5.33. The monoisotopic (exact) mass is 300 g/mol. The van der Waals surface area contributed by atoms with Crippen molar-refractivity contribution in [3.8, 4) is 0 Å². The van der Waals surface area contributed by atoms with Gasteiger partial charge in [0.1, 0.15) is 5.82 Å². The van der Waals surface area contributed by atoms with Gasteiger partial charge < -0.3 is 4.98 Å². The van der Waals surface area contributed by atoms with Crippen LogP contribution >= 0.6 is 0 Å². The highest BCUT2D eigenvalue weighted by Crippen LogP contribution is 2.44. The zero-order valence-corrected chi connectivity index (χ0v) is 12.6. The third-order valence-corrected chi connectivity index (χ3v) is 5.13. The van der Waals surface area contributed by atoms with Crippen molar-refractivity contribution in [3.05, 3.63) is 17.2 Å². The molecule has 1 heterocycles. The van der Waals surface area contributed by atoms with E-state index in [1.165, 1.54) is 0 Å². The zero-order valence-electron chi connectivity index (χ0n) is 12.6. The normalized spacial score (nSPS) is 33.8. The van der Waals surface area contributed by atoms with Gasteiger partial charge in [-0.05, 0) is 38.0 Å². The van der Waals surface area contributed by atoms with Gasteiger partial charge in [0, 0.05) is 17.5 Å². The van der Waals surface area contributed by atoms with E-state index in [2.05, 4.69) is 23.8 Å². The van der Waals surface area contributed by atoms with Gasteiger partial charge in [0.2, 0.25) is 0 Å². The first-order valence-electron chi connectivity index (χ1n) is 8.00. The first kappa shape index (κ1) is 14.9. The second-order valence-corrected chi connectivity index (χ2v) is 7.03. The summed E-state index contributed by atoms with van der Waals surface area (Å²) in [4.78, 5) is 8.04. The Labute approximate surface area is 123 Å². The summed E-state index contributed by atoms with van der Waals surface area (Å²) >= 11 is 0. The number of aromatic amines is 1. The smallest absolute Gasteiger partial charge is 0.345 e. The highest BCUT2D eigenvalue weighted by atomic mass is 19.4. The number of imidazole rings is 1. The van der Waals surface area contributed by atoms with Crippen LogP contribution < -0.4 is 0 Å². The van der Waals surface area contributed by atoms with Crippen LogP contribution in [-0.2, 0) is 6.42 Å². The van der Waals surface area contributed by atoms with Gasteiger partial charge in [-0.2, -0.15) is 13.2 Å². The van der Waals surface area contributed by atoms with Gasteiger partial charge in [-0.25, -0.2) is 4.98 Å². The fourth-order valence-corrected chi connectivity index (χ4v) is 4.08. The van der Waals surface area contributed by atoms with Gasteiger partial charge in [-0.1, -0.05) is 20.3 Å². The Hall–Kier alpha value is -1.00. The largest absolute Gasteiger partial charge is 0.391 e. The predicted octanol–water partition coefficient (Wildman–Crippen LogP) is 4.93. The molecule has 1 aromatic heterocycles. The SMILES string of the molecule is CC1Cc2[nH]c(C3CCCC(C(F)(F)F)C3)nc2C(C)C1. The van der Waals surface area contributed by atoms with E-state index in [0.717, 1.165) is 36.5 Å². The van der Waals surface area contributed by atoms with Gasteiger partial charge in [0.25, 0.3) is 0 Å². The summed E-state index contributed by atoms with van der Waals surface area (Å²) in [6, 6.07) is 0. The van der Waals surface area contributed by atoms with Crippen LogP contribution in [0.1, 0.15) is 75.0 Å². The Bertz CT molecular complexity index is 506. The van der Waals surface area contributed by atoms with Crippen LogP contribution in [0.25, 0.3) is 0 Å². The molecule has 1 fully saturated rings. The Morgan fingerprint density at radius 3 is 2.62 bits per heavy atom. The lowest BCUT2D eigenvalue weighted by Gasteiger charge is -2.29. The average molecular weight is 300 g/mol. The molecule has 3 rings (SSSR count). The van der Waals surface area contributed by atoms with Crippen LogP contribution in [0.4, 0.5) is 13.2 Å². The van der Waals surface area contributed by atoms with Crippen molar-refractivity contribution in [1.29, 1.82) is 0 Å². The standard InChI is InChI=1S/C16H23F3N2/c1-9-6-10(2)14-13(7-9)20-15(21-14)11-4-3-5-12(8-11)16(17,18)19/h9-12H,3-8H2,1-2H3,(H,20,21). The maximum Gasteiger partial charge on any atom is 0.391 e. The summed E-state index contributed by atoms with van der Waals surface area (Å²) in [6.07, 6.45) is -0.0370.